The molecule has 0 fully saturated rings. The molecule has 0 unspecified atom stereocenters. The van der Waals surface area contributed by atoms with Crippen LogP contribution in [-0.2, 0) is 12.3 Å². The Morgan fingerprint density at radius 3 is 2.60 bits per heavy atom. The summed E-state index contributed by atoms with van der Waals surface area (Å²) in [4.78, 5) is 22.6. The molecule has 0 aliphatic carbocycles. The van der Waals surface area contributed by atoms with Crippen LogP contribution in [0.4, 0.5) is 0 Å². The van der Waals surface area contributed by atoms with Gasteiger partial charge in [-0.25, -0.2) is 9.97 Å². The number of para-hydroxylation sites is 1. The van der Waals surface area contributed by atoms with Crippen LogP contribution < -0.4 is 15.0 Å². The van der Waals surface area contributed by atoms with Gasteiger partial charge in [0, 0.05) is 11.1 Å². The first-order chi connectivity index (χ1) is 14.6. The minimum atomic E-state index is -0.0626. The molecule has 4 aromatic rings. The monoisotopic (exact) mass is 439 g/mol. The Balaban J connectivity index is 1.74. The van der Waals surface area contributed by atoms with E-state index in [1.165, 1.54) is 11.8 Å². The zero-order valence-electron chi connectivity index (χ0n) is 16.9. The lowest BCUT2D eigenvalue weighted by Crippen LogP contribution is -2.24. The fraction of sp³-hybridized carbons (Fsp3) is 0.227. The average Bonchev–Trinajstić information content (AvgIpc) is 3.19. The van der Waals surface area contributed by atoms with Crippen LogP contribution in [0.15, 0.2) is 57.8 Å². The molecule has 0 N–H and O–H groups in total. The van der Waals surface area contributed by atoms with Crippen molar-refractivity contribution in [2.24, 2.45) is 0 Å². The summed E-state index contributed by atoms with van der Waals surface area (Å²) in [7, 11) is 3.20. The first-order valence-corrected chi connectivity index (χ1v) is 11.2. The third kappa shape index (κ3) is 4.20. The Kier molecular flexibility index (Phi) is 6.06. The number of thiazole rings is 1. The maximum absolute atomic E-state index is 13.3. The number of aryl methyl sites for hydroxylation is 1. The number of nitrogens with zero attached hydrogens (tertiary/aromatic N) is 3. The lowest BCUT2D eigenvalue weighted by molar-refractivity contribution is 0.354. The number of ether oxygens (including phenoxy) is 2. The molecule has 30 heavy (non-hydrogen) atoms. The van der Waals surface area contributed by atoms with Crippen LogP contribution in [0.25, 0.3) is 10.9 Å². The number of hydrogen-bond acceptors (Lipinski definition) is 7. The van der Waals surface area contributed by atoms with Gasteiger partial charge in [-0.1, -0.05) is 30.0 Å². The van der Waals surface area contributed by atoms with Crippen molar-refractivity contribution >= 4 is 34.0 Å². The third-order valence-corrected chi connectivity index (χ3v) is 6.46. The van der Waals surface area contributed by atoms with Gasteiger partial charge >= 0.3 is 0 Å². The molecular weight excluding hydrogens is 418 g/mol. The van der Waals surface area contributed by atoms with Crippen LogP contribution in [0.5, 0.6) is 11.5 Å². The summed E-state index contributed by atoms with van der Waals surface area (Å²) in [6, 6.07) is 13.1. The molecule has 0 radical (unpaired) electrons. The fourth-order valence-electron chi connectivity index (χ4n) is 3.17. The van der Waals surface area contributed by atoms with Gasteiger partial charge in [-0.2, -0.15) is 0 Å². The maximum atomic E-state index is 13.3. The topological polar surface area (TPSA) is 66.2 Å². The van der Waals surface area contributed by atoms with Gasteiger partial charge in [0.05, 0.1) is 42.4 Å². The van der Waals surface area contributed by atoms with Gasteiger partial charge in [0.2, 0.25) is 0 Å². The molecule has 0 aliphatic heterocycles. The van der Waals surface area contributed by atoms with E-state index in [1.807, 2.05) is 54.8 Å². The van der Waals surface area contributed by atoms with Crippen molar-refractivity contribution in [2.45, 2.75) is 24.4 Å². The number of methoxy groups -OCH3 is 2. The van der Waals surface area contributed by atoms with Gasteiger partial charge in [0.1, 0.15) is 0 Å². The number of rotatable bonds is 7. The second-order valence-electron chi connectivity index (χ2n) is 6.64. The molecule has 4 rings (SSSR count). The van der Waals surface area contributed by atoms with E-state index in [2.05, 4.69) is 4.98 Å². The zero-order chi connectivity index (χ0) is 21.1. The number of hydrogen-bond donors (Lipinski definition) is 0. The summed E-state index contributed by atoms with van der Waals surface area (Å²) in [5.41, 5.74) is 2.55. The molecule has 0 aliphatic rings. The summed E-state index contributed by atoms with van der Waals surface area (Å²) >= 11 is 3.14. The second kappa shape index (κ2) is 8.89. The van der Waals surface area contributed by atoms with Crippen molar-refractivity contribution in [1.82, 2.24) is 14.5 Å². The summed E-state index contributed by atoms with van der Waals surface area (Å²) in [5, 5.41) is 4.34. The molecule has 6 nitrogen and oxygen atoms in total. The summed E-state index contributed by atoms with van der Waals surface area (Å²) in [5.74, 6) is 1.93. The van der Waals surface area contributed by atoms with Crippen molar-refractivity contribution in [3.8, 4) is 11.5 Å². The number of thioether (sulfide) groups is 1. The molecule has 0 atom stereocenters. The third-order valence-electron chi connectivity index (χ3n) is 4.63. The largest absolute Gasteiger partial charge is 0.493 e. The van der Waals surface area contributed by atoms with Gasteiger partial charge in [-0.15, -0.1) is 11.3 Å². The highest BCUT2D eigenvalue weighted by molar-refractivity contribution is 7.98. The molecule has 8 heteroatoms. The van der Waals surface area contributed by atoms with Crippen molar-refractivity contribution in [1.29, 1.82) is 0 Å². The van der Waals surface area contributed by atoms with Crippen molar-refractivity contribution < 1.29 is 9.47 Å². The van der Waals surface area contributed by atoms with E-state index < -0.39 is 0 Å². The Hall–Kier alpha value is -2.84. The van der Waals surface area contributed by atoms with E-state index in [0.717, 1.165) is 16.3 Å². The van der Waals surface area contributed by atoms with E-state index in [0.29, 0.717) is 39.9 Å². The second-order valence-corrected chi connectivity index (χ2v) is 8.64. The van der Waals surface area contributed by atoms with Crippen molar-refractivity contribution in [3.05, 3.63) is 74.5 Å². The Morgan fingerprint density at radius 2 is 1.87 bits per heavy atom. The molecule has 0 saturated heterocycles. The Morgan fingerprint density at radius 1 is 1.07 bits per heavy atom. The van der Waals surface area contributed by atoms with Gasteiger partial charge in [-0.3, -0.25) is 9.36 Å². The zero-order valence-corrected chi connectivity index (χ0v) is 18.5. The van der Waals surface area contributed by atoms with E-state index >= 15 is 0 Å². The lowest BCUT2D eigenvalue weighted by atomic mass is 10.2. The fourth-order valence-corrected chi connectivity index (χ4v) is 4.78. The molecule has 2 heterocycles. The highest BCUT2D eigenvalue weighted by Gasteiger charge is 2.14. The maximum Gasteiger partial charge on any atom is 0.262 e. The average molecular weight is 440 g/mol. The lowest BCUT2D eigenvalue weighted by Gasteiger charge is -2.14. The quantitative estimate of drug-likeness (QED) is 0.312. The first kappa shape index (κ1) is 20.4. The molecule has 0 bridgehead atoms. The highest BCUT2D eigenvalue weighted by Crippen LogP contribution is 2.29. The molecular formula is C22H21N3O3S2. The van der Waals surface area contributed by atoms with Crippen LogP contribution in [0.3, 0.4) is 0 Å². The summed E-state index contributed by atoms with van der Waals surface area (Å²) < 4.78 is 12.4. The van der Waals surface area contributed by atoms with Crippen LogP contribution in [0.2, 0.25) is 0 Å². The molecule has 0 spiro atoms. The van der Waals surface area contributed by atoms with E-state index in [4.69, 9.17) is 14.5 Å². The minimum absolute atomic E-state index is 0.0626. The standard InChI is InChI=1S/C22H21N3O3S2/c1-14-23-16(12-29-14)13-30-22-24-18-7-5-4-6-17(18)21(26)25(22)11-15-8-9-19(27-2)20(10-15)28-3/h4-10,12H,11,13H2,1-3H3. The van der Waals surface area contributed by atoms with Crippen LogP contribution in [-0.4, -0.2) is 28.8 Å². The molecule has 2 aromatic heterocycles. The predicted molar refractivity (Wildman–Crippen MR) is 121 cm³/mol. The van der Waals surface area contributed by atoms with Crippen LogP contribution in [0.1, 0.15) is 16.3 Å². The molecule has 0 saturated carbocycles. The number of fused-ring (bicyclic) bond motifs is 1. The Bertz CT molecular complexity index is 1250. The molecule has 154 valence electrons. The number of benzene rings is 2. The van der Waals surface area contributed by atoms with Crippen LogP contribution >= 0.6 is 23.1 Å². The smallest absolute Gasteiger partial charge is 0.262 e. The van der Waals surface area contributed by atoms with E-state index in [-0.39, 0.29) is 5.56 Å². The Labute approximate surface area is 182 Å². The SMILES string of the molecule is COc1ccc(Cn2c(SCc3csc(C)n3)nc3ccccc3c2=O)cc1OC. The van der Waals surface area contributed by atoms with Crippen LogP contribution in [0, 0.1) is 6.92 Å². The normalized spacial score (nSPS) is 11.0. The highest BCUT2D eigenvalue weighted by atomic mass is 32.2. The molecule has 2 aromatic carbocycles. The van der Waals surface area contributed by atoms with Crippen molar-refractivity contribution in [2.75, 3.05) is 14.2 Å². The summed E-state index contributed by atoms with van der Waals surface area (Å²) in [6.07, 6.45) is 0. The minimum Gasteiger partial charge on any atom is -0.493 e. The predicted octanol–water partition coefficient (Wildman–Crippen LogP) is 4.52. The van der Waals surface area contributed by atoms with E-state index in [1.54, 1.807) is 30.1 Å². The summed E-state index contributed by atoms with van der Waals surface area (Å²) in [6.45, 7) is 2.37. The first-order valence-electron chi connectivity index (χ1n) is 9.33. The number of aromatic nitrogens is 3. The van der Waals surface area contributed by atoms with Gasteiger partial charge < -0.3 is 9.47 Å². The van der Waals surface area contributed by atoms with Crippen molar-refractivity contribution in [3.63, 3.8) is 0 Å². The van der Waals surface area contributed by atoms with Gasteiger partial charge in [-0.05, 0) is 36.8 Å². The van der Waals surface area contributed by atoms with E-state index in [9.17, 15) is 4.79 Å². The van der Waals surface area contributed by atoms with Gasteiger partial charge in [0.25, 0.3) is 5.56 Å². The molecule has 0 amide bonds. The van der Waals surface area contributed by atoms with Gasteiger partial charge in [0.15, 0.2) is 16.7 Å².